The van der Waals surface area contributed by atoms with E-state index in [1.54, 1.807) is 18.2 Å². The van der Waals surface area contributed by atoms with Gasteiger partial charge in [-0.1, -0.05) is 19.8 Å². The number of benzene rings is 1. The molecule has 1 aromatic rings. The zero-order valence-corrected chi connectivity index (χ0v) is 12.8. The first kappa shape index (κ1) is 15.1. The first-order valence-corrected chi connectivity index (χ1v) is 8.49. The Morgan fingerprint density at radius 1 is 1.35 bits per heavy atom. The molecule has 2 rings (SSSR count). The Labute approximate surface area is 121 Å². The smallest absolute Gasteiger partial charge is 0.242 e. The van der Waals surface area contributed by atoms with Gasteiger partial charge in [0.1, 0.15) is 4.90 Å². The highest BCUT2D eigenvalue weighted by atomic mass is 32.2. The van der Waals surface area contributed by atoms with Crippen molar-refractivity contribution in [1.82, 2.24) is 4.72 Å². The van der Waals surface area contributed by atoms with E-state index in [1.807, 2.05) is 0 Å². The summed E-state index contributed by atoms with van der Waals surface area (Å²) in [5, 5.41) is 3.36. The van der Waals surface area contributed by atoms with Crippen molar-refractivity contribution in [3.05, 3.63) is 18.2 Å². The molecule has 0 bridgehead atoms. The molecule has 0 heterocycles. The molecule has 20 heavy (non-hydrogen) atoms. The van der Waals surface area contributed by atoms with Crippen molar-refractivity contribution in [2.75, 3.05) is 24.6 Å². The summed E-state index contributed by atoms with van der Waals surface area (Å²) < 4.78 is 25.7. The highest BCUT2D eigenvalue weighted by Gasteiger charge is 2.23. The minimum absolute atomic E-state index is 0.125. The van der Waals surface area contributed by atoms with Crippen LogP contribution in [0.25, 0.3) is 0 Å². The molecule has 0 aliphatic heterocycles. The average Bonchev–Trinajstić information content (AvgIpc) is 2.81. The van der Waals surface area contributed by atoms with E-state index >= 15 is 0 Å². The lowest BCUT2D eigenvalue weighted by Crippen LogP contribution is -2.20. The Hall–Kier alpha value is -1.27. The minimum Gasteiger partial charge on any atom is -0.398 e. The summed E-state index contributed by atoms with van der Waals surface area (Å²) in [4.78, 5) is 0.125. The standard InChI is InChI=1S/C14H23N3O2S/c1-10-4-3-5-11(10)9-17-12-6-7-14(13(15)8-12)20(18,19)16-2/h6-8,10-11,16-17H,3-5,9,15H2,1-2H3. The number of nitrogens with two attached hydrogens (primary N) is 1. The molecule has 1 aromatic carbocycles. The van der Waals surface area contributed by atoms with E-state index in [1.165, 1.54) is 26.3 Å². The van der Waals surface area contributed by atoms with Crippen LogP contribution in [0.3, 0.4) is 0 Å². The predicted molar refractivity (Wildman–Crippen MR) is 82.1 cm³/mol. The van der Waals surface area contributed by atoms with Gasteiger partial charge < -0.3 is 11.1 Å². The lowest BCUT2D eigenvalue weighted by molar-refractivity contribution is 0.439. The van der Waals surface area contributed by atoms with Crippen molar-refractivity contribution in [2.24, 2.45) is 11.8 Å². The molecule has 0 saturated heterocycles. The van der Waals surface area contributed by atoms with Gasteiger partial charge in [-0.25, -0.2) is 13.1 Å². The highest BCUT2D eigenvalue weighted by Crippen LogP contribution is 2.31. The summed E-state index contributed by atoms with van der Waals surface area (Å²) in [5.74, 6) is 1.45. The van der Waals surface area contributed by atoms with Gasteiger partial charge in [-0.3, -0.25) is 0 Å². The Morgan fingerprint density at radius 3 is 2.65 bits per heavy atom. The summed E-state index contributed by atoms with van der Waals surface area (Å²) in [6.45, 7) is 3.20. The highest BCUT2D eigenvalue weighted by molar-refractivity contribution is 7.89. The SMILES string of the molecule is CNS(=O)(=O)c1ccc(NCC2CCCC2C)cc1N. The zero-order chi connectivity index (χ0) is 14.8. The fourth-order valence-corrected chi connectivity index (χ4v) is 3.62. The normalized spacial score (nSPS) is 22.9. The van der Waals surface area contributed by atoms with Gasteiger partial charge >= 0.3 is 0 Å². The molecule has 1 aliphatic rings. The quantitative estimate of drug-likeness (QED) is 0.726. The van der Waals surface area contributed by atoms with Crippen LogP contribution in [0.5, 0.6) is 0 Å². The third-order valence-electron chi connectivity index (χ3n) is 4.18. The van der Waals surface area contributed by atoms with Gasteiger partial charge in [0.05, 0.1) is 5.69 Å². The fraction of sp³-hybridized carbons (Fsp3) is 0.571. The van der Waals surface area contributed by atoms with Gasteiger partial charge in [0.15, 0.2) is 0 Å². The molecule has 6 heteroatoms. The summed E-state index contributed by atoms with van der Waals surface area (Å²) in [6, 6.07) is 4.99. The van der Waals surface area contributed by atoms with Crippen molar-refractivity contribution in [2.45, 2.75) is 31.1 Å². The van der Waals surface area contributed by atoms with Crippen molar-refractivity contribution in [3.63, 3.8) is 0 Å². The van der Waals surface area contributed by atoms with Crippen LogP contribution in [-0.2, 0) is 10.0 Å². The van der Waals surface area contributed by atoms with Crippen LogP contribution in [-0.4, -0.2) is 22.0 Å². The van der Waals surface area contributed by atoms with Crippen LogP contribution in [0.1, 0.15) is 26.2 Å². The summed E-state index contributed by atoms with van der Waals surface area (Å²) in [6.07, 6.45) is 3.86. The van der Waals surface area contributed by atoms with Gasteiger partial charge in [-0.2, -0.15) is 0 Å². The summed E-state index contributed by atoms with van der Waals surface area (Å²) >= 11 is 0. The molecule has 1 aliphatic carbocycles. The molecule has 0 amide bonds. The lowest BCUT2D eigenvalue weighted by Gasteiger charge is -2.17. The molecular formula is C14H23N3O2S. The third-order valence-corrected chi connectivity index (χ3v) is 5.66. The van der Waals surface area contributed by atoms with Gasteiger partial charge in [0.2, 0.25) is 10.0 Å². The third kappa shape index (κ3) is 3.24. The first-order chi connectivity index (χ1) is 9.44. The van der Waals surface area contributed by atoms with Gasteiger partial charge in [-0.15, -0.1) is 0 Å². The van der Waals surface area contributed by atoms with E-state index in [2.05, 4.69) is 17.0 Å². The summed E-state index contributed by atoms with van der Waals surface area (Å²) in [5.41, 5.74) is 6.97. The molecule has 0 radical (unpaired) electrons. The van der Waals surface area contributed by atoms with Crippen LogP contribution in [0.15, 0.2) is 23.1 Å². The number of sulfonamides is 1. The first-order valence-electron chi connectivity index (χ1n) is 7.01. The van der Waals surface area contributed by atoms with Crippen LogP contribution >= 0.6 is 0 Å². The van der Waals surface area contributed by atoms with Crippen LogP contribution in [0.2, 0.25) is 0 Å². The molecule has 112 valence electrons. The van der Waals surface area contributed by atoms with E-state index < -0.39 is 10.0 Å². The van der Waals surface area contributed by atoms with Crippen molar-refractivity contribution in [1.29, 1.82) is 0 Å². The van der Waals surface area contributed by atoms with Crippen molar-refractivity contribution in [3.8, 4) is 0 Å². The lowest BCUT2D eigenvalue weighted by atomic mass is 9.98. The second-order valence-corrected chi connectivity index (χ2v) is 7.36. The van der Waals surface area contributed by atoms with E-state index in [0.29, 0.717) is 5.92 Å². The van der Waals surface area contributed by atoms with E-state index in [-0.39, 0.29) is 10.6 Å². The Balaban J connectivity index is 2.06. The van der Waals surface area contributed by atoms with Crippen LogP contribution in [0, 0.1) is 11.8 Å². The van der Waals surface area contributed by atoms with Crippen LogP contribution < -0.4 is 15.8 Å². The second kappa shape index (κ2) is 6.01. The maximum absolute atomic E-state index is 11.7. The maximum atomic E-state index is 11.7. The molecule has 2 atom stereocenters. The predicted octanol–water partition coefficient (Wildman–Crippen LogP) is 2.02. The Bertz CT molecular complexity index is 572. The van der Waals surface area contributed by atoms with Crippen molar-refractivity contribution >= 4 is 21.4 Å². The maximum Gasteiger partial charge on any atom is 0.242 e. The Morgan fingerprint density at radius 2 is 2.10 bits per heavy atom. The number of hydrogen-bond donors (Lipinski definition) is 3. The number of nitrogens with one attached hydrogen (secondary N) is 2. The molecule has 0 spiro atoms. The number of nitrogen functional groups attached to an aromatic ring is 1. The number of anilines is 2. The molecule has 1 saturated carbocycles. The van der Waals surface area contributed by atoms with Gasteiger partial charge in [-0.05, 0) is 43.5 Å². The fourth-order valence-electron chi connectivity index (χ4n) is 2.79. The number of hydrogen-bond acceptors (Lipinski definition) is 4. The van der Waals surface area contributed by atoms with E-state index in [4.69, 9.17) is 5.73 Å². The Kier molecular flexibility index (Phi) is 4.55. The minimum atomic E-state index is -3.49. The largest absolute Gasteiger partial charge is 0.398 e. The topological polar surface area (TPSA) is 84.2 Å². The molecule has 0 aromatic heterocycles. The molecule has 5 nitrogen and oxygen atoms in total. The van der Waals surface area contributed by atoms with Crippen LogP contribution in [0.4, 0.5) is 11.4 Å². The molecular weight excluding hydrogens is 274 g/mol. The van der Waals surface area contributed by atoms with Gasteiger partial charge in [0.25, 0.3) is 0 Å². The zero-order valence-electron chi connectivity index (χ0n) is 12.0. The number of rotatable bonds is 5. The summed E-state index contributed by atoms with van der Waals surface area (Å²) in [7, 11) is -2.11. The second-order valence-electron chi connectivity index (χ2n) is 5.51. The van der Waals surface area contributed by atoms with Crippen molar-refractivity contribution < 1.29 is 8.42 Å². The molecule has 2 unspecified atom stereocenters. The molecule has 1 fully saturated rings. The van der Waals surface area contributed by atoms with Gasteiger partial charge in [0, 0.05) is 12.2 Å². The van der Waals surface area contributed by atoms with E-state index in [9.17, 15) is 8.42 Å². The monoisotopic (exact) mass is 297 g/mol. The van der Waals surface area contributed by atoms with E-state index in [0.717, 1.165) is 18.2 Å². The average molecular weight is 297 g/mol. The molecule has 4 N–H and O–H groups in total.